The number of carbonyl (C=O) groups is 1. The summed E-state index contributed by atoms with van der Waals surface area (Å²) in [7, 11) is 0. The first-order valence-corrected chi connectivity index (χ1v) is 6.21. The average molecular weight is 245 g/mol. The number of carbonyl (C=O) groups excluding carboxylic acids is 1. The number of terminal acetylenes is 1. The van der Waals surface area contributed by atoms with Crippen molar-refractivity contribution in [1.29, 1.82) is 0 Å². The maximum atomic E-state index is 11.9. The predicted octanol–water partition coefficient (Wildman–Crippen LogP) is 2.62. The maximum Gasteiger partial charge on any atom is 0.252 e. The number of hydrogen-bond acceptors (Lipinski definition) is 2. The summed E-state index contributed by atoms with van der Waals surface area (Å²) >= 11 is 0. The fourth-order valence-electron chi connectivity index (χ4n) is 1.60. The Labute approximate surface area is 109 Å². The lowest BCUT2D eigenvalue weighted by atomic mass is 10.1. The lowest BCUT2D eigenvalue weighted by Crippen LogP contribution is -2.33. The summed E-state index contributed by atoms with van der Waals surface area (Å²) in [6.07, 6.45) is 7.10. The van der Waals surface area contributed by atoms with Crippen molar-refractivity contribution in [3.8, 4) is 18.1 Å². The Bertz CT molecular complexity index is 417. The minimum absolute atomic E-state index is 0.144. The molecule has 1 N–H and O–H groups in total. The molecule has 0 heterocycles. The number of ether oxygens (including phenoxy) is 1. The summed E-state index contributed by atoms with van der Waals surface area (Å²) in [5, 5.41) is 2.82. The van der Waals surface area contributed by atoms with E-state index in [2.05, 4.69) is 11.2 Å². The highest BCUT2D eigenvalue weighted by Gasteiger charge is 2.10. The molecule has 1 aromatic rings. The third-order valence-corrected chi connectivity index (χ3v) is 2.51. The van der Waals surface area contributed by atoms with Gasteiger partial charge in [0.25, 0.3) is 5.91 Å². The maximum absolute atomic E-state index is 11.9. The first-order chi connectivity index (χ1) is 8.71. The average Bonchev–Trinajstić information content (AvgIpc) is 2.39. The Morgan fingerprint density at radius 1 is 1.39 bits per heavy atom. The third kappa shape index (κ3) is 4.14. The third-order valence-electron chi connectivity index (χ3n) is 2.51. The number of nitrogens with one attached hydrogen (secondary N) is 1. The van der Waals surface area contributed by atoms with Crippen molar-refractivity contribution in [3.63, 3.8) is 0 Å². The Balaban J connectivity index is 2.64. The van der Waals surface area contributed by atoms with Crippen LogP contribution in [0.4, 0.5) is 0 Å². The van der Waals surface area contributed by atoms with Gasteiger partial charge in [-0.05, 0) is 37.6 Å². The molecule has 1 rings (SSSR count). The van der Waals surface area contributed by atoms with Crippen molar-refractivity contribution in [3.05, 3.63) is 29.8 Å². The van der Waals surface area contributed by atoms with Crippen LogP contribution in [0.2, 0.25) is 0 Å². The minimum atomic E-state index is -0.200. The lowest BCUT2D eigenvalue weighted by Gasteiger charge is -2.12. The zero-order valence-corrected chi connectivity index (χ0v) is 10.9. The van der Waals surface area contributed by atoms with Gasteiger partial charge in [0.15, 0.2) is 0 Å². The van der Waals surface area contributed by atoms with Crippen molar-refractivity contribution >= 4 is 5.91 Å². The zero-order chi connectivity index (χ0) is 13.4. The van der Waals surface area contributed by atoms with Gasteiger partial charge >= 0.3 is 0 Å². The lowest BCUT2D eigenvalue weighted by molar-refractivity contribution is 0.0944. The fraction of sp³-hybridized carbons (Fsp3) is 0.400. The SMILES string of the molecule is C#CC(CCC)NC(=O)c1ccc(OCC)cc1. The van der Waals surface area contributed by atoms with Gasteiger partial charge in [-0.1, -0.05) is 19.3 Å². The smallest absolute Gasteiger partial charge is 0.252 e. The molecule has 96 valence electrons. The summed E-state index contributed by atoms with van der Waals surface area (Å²) in [6, 6.07) is 6.83. The molecule has 3 nitrogen and oxygen atoms in total. The van der Waals surface area contributed by atoms with Crippen molar-refractivity contribution < 1.29 is 9.53 Å². The predicted molar refractivity (Wildman–Crippen MR) is 72.6 cm³/mol. The monoisotopic (exact) mass is 245 g/mol. The van der Waals surface area contributed by atoms with Crippen LogP contribution in [0.15, 0.2) is 24.3 Å². The Kier molecular flexibility index (Phi) is 5.79. The number of hydrogen-bond donors (Lipinski definition) is 1. The van der Waals surface area contributed by atoms with E-state index >= 15 is 0 Å². The molecule has 1 unspecified atom stereocenters. The van der Waals surface area contributed by atoms with Gasteiger partial charge < -0.3 is 10.1 Å². The molecule has 0 aromatic heterocycles. The fourth-order valence-corrected chi connectivity index (χ4v) is 1.60. The molecule has 1 amide bonds. The minimum Gasteiger partial charge on any atom is -0.494 e. The molecule has 0 aliphatic rings. The molecule has 1 aromatic carbocycles. The second-order valence-corrected chi connectivity index (χ2v) is 3.94. The van der Waals surface area contributed by atoms with E-state index in [0.717, 1.165) is 18.6 Å². The Morgan fingerprint density at radius 3 is 2.56 bits per heavy atom. The quantitative estimate of drug-likeness (QED) is 0.782. The van der Waals surface area contributed by atoms with Crippen LogP contribution in [0.25, 0.3) is 0 Å². The second-order valence-electron chi connectivity index (χ2n) is 3.94. The number of benzene rings is 1. The largest absolute Gasteiger partial charge is 0.494 e. The Morgan fingerprint density at radius 2 is 2.06 bits per heavy atom. The van der Waals surface area contributed by atoms with Gasteiger partial charge in [-0.2, -0.15) is 0 Å². The van der Waals surface area contributed by atoms with E-state index in [4.69, 9.17) is 11.2 Å². The van der Waals surface area contributed by atoms with Gasteiger partial charge in [0.1, 0.15) is 5.75 Å². The molecule has 0 saturated carbocycles. The van der Waals surface area contributed by atoms with Gasteiger partial charge in [0, 0.05) is 5.56 Å². The highest BCUT2D eigenvalue weighted by molar-refractivity contribution is 5.94. The second kappa shape index (κ2) is 7.39. The van der Waals surface area contributed by atoms with Crippen molar-refractivity contribution in [2.45, 2.75) is 32.7 Å². The van der Waals surface area contributed by atoms with E-state index in [-0.39, 0.29) is 11.9 Å². The molecular weight excluding hydrogens is 226 g/mol. The van der Waals surface area contributed by atoms with Crippen molar-refractivity contribution in [2.75, 3.05) is 6.61 Å². The van der Waals surface area contributed by atoms with Gasteiger partial charge in [-0.3, -0.25) is 4.79 Å². The summed E-state index contributed by atoms with van der Waals surface area (Å²) in [4.78, 5) is 11.9. The van der Waals surface area contributed by atoms with Crippen molar-refractivity contribution in [1.82, 2.24) is 5.32 Å². The van der Waals surface area contributed by atoms with Crippen LogP contribution in [0.1, 0.15) is 37.0 Å². The van der Waals surface area contributed by atoms with Crippen LogP contribution in [0.3, 0.4) is 0 Å². The Hall–Kier alpha value is -1.95. The summed E-state index contributed by atoms with van der Waals surface area (Å²) in [6.45, 7) is 4.57. The summed E-state index contributed by atoms with van der Waals surface area (Å²) < 4.78 is 5.32. The normalized spacial score (nSPS) is 11.4. The van der Waals surface area contributed by atoms with Crippen LogP contribution in [0.5, 0.6) is 5.75 Å². The molecule has 0 bridgehead atoms. The molecule has 18 heavy (non-hydrogen) atoms. The first-order valence-electron chi connectivity index (χ1n) is 6.21. The highest BCUT2D eigenvalue weighted by Crippen LogP contribution is 2.12. The van der Waals surface area contributed by atoms with Gasteiger partial charge in [-0.15, -0.1) is 6.42 Å². The molecule has 0 saturated heterocycles. The standard InChI is InChI=1S/C15H19NO2/c1-4-7-13(5-2)16-15(17)12-8-10-14(11-9-12)18-6-3/h2,8-11,13H,4,6-7H2,1,3H3,(H,16,17). The number of amides is 1. The van der Waals surface area contributed by atoms with E-state index in [9.17, 15) is 4.79 Å². The van der Waals surface area contributed by atoms with E-state index in [1.165, 1.54) is 0 Å². The van der Waals surface area contributed by atoms with E-state index in [1.54, 1.807) is 24.3 Å². The molecule has 0 radical (unpaired) electrons. The molecule has 0 spiro atoms. The van der Waals surface area contributed by atoms with Gasteiger partial charge in [0.2, 0.25) is 0 Å². The van der Waals surface area contributed by atoms with Crippen LogP contribution in [-0.4, -0.2) is 18.6 Å². The van der Waals surface area contributed by atoms with E-state index < -0.39 is 0 Å². The number of rotatable bonds is 6. The molecule has 1 atom stereocenters. The van der Waals surface area contributed by atoms with E-state index in [0.29, 0.717) is 12.2 Å². The highest BCUT2D eigenvalue weighted by atomic mass is 16.5. The van der Waals surface area contributed by atoms with Crippen LogP contribution in [-0.2, 0) is 0 Å². The van der Waals surface area contributed by atoms with E-state index in [1.807, 2.05) is 13.8 Å². The zero-order valence-electron chi connectivity index (χ0n) is 10.9. The molecule has 0 aliphatic heterocycles. The molecule has 0 fully saturated rings. The van der Waals surface area contributed by atoms with Gasteiger partial charge in [0.05, 0.1) is 12.6 Å². The van der Waals surface area contributed by atoms with Crippen LogP contribution < -0.4 is 10.1 Å². The molecule has 3 heteroatoms. The first kappa shape index (κ1) is 14.1. The molecular formula is C15H19NO2. The van der Waals surface area contributed by atoms with Crippen LogP contribution in [0, 0.1) is 12.3 Å². The van der Waals surface area contributed by atoms with Crippen LogP contribution >= 0.6 is 0 Å². The van der Waals surface area contributed by atoms with Gasteiger partial charge in [-0.25, -0.2) is 0 Å². The summed E-state index contributed by atoms with van der Waals surface area (Å²) in [5.74, 6) is 3.19. The molecule has 0 aliphatic carbocycles. The van der Waals surface area contributed by atoms with Crippen molar-refractivity contribution in [2.24, 2.45) is 0 Å². The summed E-state index contributed by atoms with van der Waals surface area (Å²) in [5.41, 5.74) is 0.592. The topological polar surface area (TPSA) is 38.3 Å².